The van der Waals surface area contributed by atoms with Crippen LogP contribution < -0.4 is 10.6 Å². The standard InChI is InChI=1S/C17H24N2O5S/c1-4-12-10(3)14(17(22)23-5-2)15(25-12)19-13(20)9-24-16(21)11-7-6-8-18-11/h11,18H,4-9H2,1-3H3,(H,19,20)/t11-/m0/s1. The van der Waals surface area contributed by atoms with E-state index in [1.165, 1.54) is 11.3 Å². The highest BCUT2D eigenvalue weighted by atomic mass is 32.1. The maximum atomic E-state index is 12.2. The molecule has 0 aliphatic carbocycles. The molecule has 0 aromatic carbocycles. The summed E-state index contributed by atoms with van der Waals surface area (Å²) in [5, 5.41) is 6.13. The van der Waals surface area contributed by atoms with Crippen LogP contribution in [0.25, 0.3) is 0 Å². The third-order valence-corrected chi connectivity index (χ3v) is 5.34. The first kappa shape index (κ1) is 19.4. The highest BCUT2D eigenvalue weighted by Gasteiger charge is 2.25. The molecule has 7 nitrogen and oxygen atoms in total. The molecule has 1 amide bonds. The average Bonchev–Trinajstić information content (AvgIpc) is 3.21. The number of rotatable bonds is 7. The van der Waals surface area contributed by atoms with Crippen molar-refractivity contribution in [2.24, 2.45) is 0 Å². The molecule has 1 saturated heterocycles. The van der Waals surface area contributed by atoms with Crippen LogP contribution in [-0.4, -0.2) is 43.6 Å². The fourth-order valence-electron chi connectivity index (χ4n) is 2.72. The summed E-state index contributed by atoms with van der Waals surface area (Å²) in [5.41, 5.74) is 1.19. The van der Waals surface area contributed by atoms with Crippen molar-refractivity contribution in [1.29, 1.82) is 0 Å². The van der Waals surface area contributed by atoms with E-state index in [1.54, 1.807) is 6.92 Å². The average molecular weight is 368 g/mol. The van der Waals surface area contributed by atoms with E-state index < -0.39 is 17.8 Å². The highest BCUT2D eigenvalue weighted by molar-refractivity contribution is 7.17. The first-order valence-electron chi connectivity index (χ1n) is 8.47. The molecular weight excluding hydrogens is 344 g/mol. The quantitative estimate of drug-likeness (QED) is 0.715. The van der Waals surface area contributed by atoms with Gasteiger partial charge in [0.25, 0.3) is 5.91 Å². The van der Waals surface area contributed by atoms with E-state index in [4.69, 9.17) is 9.47 Å². The van der Waals surface area contributed by atoms with Crippen LogP contribution in [0.1, 0.15) is 47.5 Å². The van der Waals surface area contributed by atoms with E-state index in [1.807, 2.05) is 13.8 Å². The van der Waals surface area contributed by atoms with E-state index in [2.05, 4.69) is 10.6 Å². The van der Waals surface area contributed by atoms with E-state index in [0.29, 0.717) is 10.6 Å². The number of carbonyl (C=O) groups is 3. The van der Waals surface area contributed by atoms with E-state index >= 15 is 0 Å². The van der Waals surface area contributed by atoms with Gasteiger partial charge < -0.3 is 20.1 Å². The van der Waals surface area contributed by atoms with Gasteiger partial charge in [-0.15, -0.1) is 11.3 Å². The van der Waals surface area contributed by atoms with Crippen molar-refractivity contribution in [2.75, 3.05) is 25.1 Å². The summed E-state index contributed by atoms with van der Waals surface area (Å²) in [6.07, 6.45) is 2.39. The summed E-state index contributed by atoms with van der Waals surface area (Å²) in [7, 11) is 0. The molecule has 2 heterocycles. The molecule has 0 spiro atoms. The van der Waals surface area contributed by atoms with Gasteiger partial charge >= 0.3 is 11.9 Å². The predicted octanol–water partition coefficient (Wildman–Crippen LogP) is 2.03. The van der Waals surface area contributed by atoms with Gasteiger partial charge in [-0.25, -0.2) is 4.79 Å². The number of ether oxygens (including phenoxy) is 2. The Morgan fingerprint density at radius 1 is 1.28 bits per heavy atom. The fourth-order valence-corrected chi connectivity index (χ4v) is 3.87. The van der Waals surface area contributed by atoms with Crippen LogP contribution >= 0.6 is 11.3 Å². The van der Waals surface area contributed by atoms with Gasteiger partial charge in [0, 0.05) is 4.88 Å². The van der Waals surface area contributed by atoms with Crippen molar-refractivity contribution in [3.05, 3.63) is 16.0 Å². The Balaban J connectivity index is 2.01. The summed E-state index contributed by atoms with van der Waals surface area (Å²) in [6.45, 7) is 6.21. The second kappa shape index (κ2) is 8.96. The Morgan fingerprint density at radius 2 is 2.04 bits per heavy atom. The SMILES string of the molecule is CCOC(=O)c1c(NC(=O)COC(=O)[C@@H]2CCCN2)sc(CC)c1C. The Morgan fingerprint density at radius 3 is 2.64 bits per heavy atom. The molecule has 138 valence electrons. The third-order valence-electron chi connectivity index (χ3n) is 3.99. The van der Waals surface area contributed by atoms with Crippen molar-refractivity contribution in [3.63, 3.8) is 0 Å². The van der Waals surface area contributed by atoms with Crippen LogP contribution in [0.15, 0.2) is 0 Å². The summed E-state index contributed by atoms with van der Waals surface area (Å²) < 4.78 is 10.1. The second-order valence-electron chi connectivity index (χ2n) is 5.73. The first-order chi connectivity index (χ1) is 12.0. The number of carbonyl (C=O) groups excluding carboxylic acids is 3. The Hall–Kier alpha value is -1.93. The minimum atomic E-state index is -0.471. The summed E-state index contributed by atoms with van der Waals surface area (Å²) in [5.74, 6) is -1.35. The van der Waals surface area contributed by atoms with Crippen LogP contribution in [0.3, 0.4) is 0 Å². The molecule has 1 atom stereocenters. The van der Waals surface area contributed by atoms with Crippen molar-refractivity contribution in [1.82, 2.24) is 5.32 Å². The van der Waals surface area contributed by atoms with Crippen molar-refractivity contribution in [3.8, 4) is 0 Å². The normalized spacial score (nSPS) is 16.5. The summed E-state index contributed by atoms with van der Waals surface area (Å²) in [6, 6.07) is -0.335. The molecule has 0 unspecified atom stereocenters. The fraction of sp³-hybridized carbons (Fsp3) is 0.588. The molecule has 1 fully saturated rings. The van der Waals surface area contributed by atoms with Gasteiger partial charge in [0.2, 0.25) is 0 Å². The highest BCUT2D eigenvalue weighted by Crippen LogP contribution is 2.34. The minimum absolute atomic E-state index is 0.259. The molecule has 8 heteroatoms. The number of hydrogen-bond acceptors (Lipinski definition) is 7. The number of thiophene rings is 1. The summed E-state index contributed by atoms with van der Waals surface area (Å²) in [4.78, 5) is 37.1. The maximum Gasteiger partial charge on any atom is 0.341 e. The van der Waals surface area contributed by atoms with Gasteiger partial charge in [-0.1, -0.05) is 6.92 Å². The molecule has 1 aromatic rings. The molecular formula is C17H24N2O5S. The second-order valence-corrected chi connectivity index (χ2v) is 6.84. The number of nitrogens with one attached hydrogen (secondary N) is 2. The third kappa shape index (κ3) is 4.79. The number of anilines is 1. The van der Waals surface area contributed by atoms with Gasteiger partial charge in [-0.2, -0.15) is 0 Å². The molecule has 1 aromatic heterocycles. The lowest BCUT2D eigenvalue weighted by atomic mass is 10.1. The largest absolute Gasteiger partial charge is 0.462 e. The molecule has 1 aliphatic heterocycles. The molecule has 1 aliphatic rings. The number of hydrogen-bond donors (Lipinski definition) is 2. The maximum absolute atomic E-state index is 12.2. The zero-order valence-electron chi connectivity index (χ0n) is 14.8. The van der Waals surface area contributed by atoms with E-state index in [-0.39, 0.29) is 19.3 Å². The first-order valence-corrected chi connectivity index (χ1v) is 9.28. The number of aryl methyl sites for hydroxylation is 1. The molecule has 0 saturated carbocycles. The monoisotopic (exact) mass is 368 g/mol. The van der Waals surface area contributed by atoms with Crippen molar-refractivity contribution >= 4 is 34.2 Å². The molecule has 2 rings (SSSR count). The van der Waals surface area contributed by atoms with Crippen LogP contribution in [0.2, 0.25) is 0 Å². The number of esters is 2. The summed E-state index contributed by atoms with van der Waals surface area (Å²) >= 11 is 1.34. The van der Waals surface area contributed by atoms with Gasteiger partial charge in [-0.05, 0) is 45.2 Å². The molecule has 2 N–H and O–H groups in total. The van der Waals surface area contributed by atoms with Gasteiger partial charge in [0.1, 0.15) is 11.0 Å². The molecule has 0 bridgehead atoms. The smallest absolute Gasteiger partial charge is 0.341 e. The Labute approximate surface area is 151 Å². The zero-order chi connectivity index (χ0) is 18.4. The minimum Gasteiger partial charge on any atom is -0.462 e. The van der Waals surface area contributed by atoms with Crippen molar-refractivity contribution < 1.29 is 23.9 Å². The van der Waals surface area contributed by atoms with Gasteiger partial charge in [-0.3, -0.25) is 9.59 Å². The zero-order valence-corrected chi connectivity index (χ0v) is 15.6. The lowest BCUT2D eigenvalue weighted by molar-refractivity contribution is -0.149. The van der Waals surface area contributed by atoms with Crippen LogP contribution in [0.4, 0.5) is 5.00 Å². The molecule has 25 heavy (non-hydrogen) atoms. The van der Waals surface area contributed by atoms with Crippen LogP contribution in [0, 0.1) is 6.92 Å². The van der Waals surface area contributed by atoms with E-state index in [0.717, 1.165) is 36.2 Å². The van der Waals surface area contributed by atoms with Crippen LogP contribution in [-0.2, 0) is 25.5 Å². The number of amides is 1. The van der Waals surface area contributed by atoms with E-state index in [9.17, 15) is 14.4 Å². The Kier molecular flexibility index (Phi) is 6.95. The van der Waals surface area contributed by atoms with Gasteiger partial charge in [0.05, 0.1) is 12.2 Å². The van der Waals surface area contributed by atoms with Gasteiger partial charge in [0.15, 0.2) is 6.61 Å². The lowest BCUT2D eigenvalue weighted by Crippen LogP contribution is -2.34. The topological polar surface area (TPSA) is 93.7 Å². The Bertz CT molecular complexity index is 650. The predicted molar refractivity (Wildman–Crippen MR) is 95.0 cm³/mol. The molecule has 0 radical (unpaired) electrons. The van der Waals surface area contributed by atoms with Crippen LogP contribution in [0.5, 0.6) is 0 Å². The lowest BCUT2D eigenvalue weighted by Gasteiger charge is -2.10. The van der Waals surface area contributed by atoms with Crippen molar-refractivity contribution in [2.45, 2.75) is 46.1 Å².